The van der Waals surface area contributed by atoms with Gasteiger partial charge in [0.05, 0.1) is 25.1 Å². The first-order chi connectivity index (χ1) is 14.2. The molecule has 0 saturated heterocycles. The minimum Gasteiger partial charge on any atom is -0.496 e. The number of aryl methyl sites for hydroxylation is 2. The van der Waals surface area contributed by atoms with Crippen molar-refractivity contribution in [3.05, 3.63) is 59.2 Å². The fourth-order valence-corrected chi connectivity index (χ4v) is 4.52. The molecular formula is C23H32N2O4S. The van der Waals surface area contributed by atoms with Crippen LogP contribution in [0.3, 0.4) is 0 Å². The molecule has 0 radical (unpaired) electrons. The number of benzene rings is 2. The number of hydrogen-bond donors (Lipinski definition) is 1. The first-order valence-corrected chi connectivity index (χ1v) is 12.0. The van der Waals surface area contributed by atoms with Gasteiger partial charge in [0.1, 0.15) is 5.75 Å². The van der Waals surface area contributed by atoms with Gasteiger partial charge in [-0.3, -0.25) is 9.10 Å². The van der Waals surface area contributed by atoms with E-state index in [9.17, 15) is 13.2 Å². The maximum Gasteiger partial charge on any atom is 0.232 e. The second-order valence-electron chi connectivity index (χ2n) is 7.48. The average molecular weight is 433 g/mol. The SMILES string of the molecule is CC[C@@H](NC(=O)CCCN(c1ccccc1C)S(C)(=O)=O)c1ccc(OC)c(C)c1. The van der Waals surface area contributed by atoms with Crippen LogP contribution < -0.4 is 14.4 Å². The Bertz CT molecular complexity index is 973. The van der Waals surface area contributed by atoms with Crippen LogP contribution in [0.4, 0.5) is 5.69 Å². The van der Waals surface area contributed by atoms with E-state index in [1.54, 1.807) is 13.2 Å². The summed E-state index contributed by atoms with van der Waals surface area (Å²) in [4.78, 5) is 12.5. The lowest BCUT2D eigenvalue weighted by molar-refractivity contribution is -0.121. The van der Waals surface area contributed by atoms with E-state index in [4.69, 9.17) is 4.74 Å². The Labute approximate surface area is 180 Å². The number of carbonyl (C=O) groups excluding carboxylic acids is 1. The van der Waals surface area contributed by atoms with Crippen LogP contribution in [-0.4, -0.2) is 34.2 Å². The maximum atomic E-state index is 12.5. The van der Waals surface area contributed by atoms with Crippen molar-refractivity contribution >= 4 is 21.6 Å². The molecule has 0 aliphatic rings. The van der Waals surface area contributed by atoms with E-state index in [1.807, 2.05) is 57.2 Å². The quantitative estimate of drug-likeness (QED) is 0.613. The molecule has 0 aliphatic heterocycles. The van der Waals surface area contributed by atoms with Crippen molar-refractivity contribution in [2.24, 2.45) is 0 Å². The van der Waals surface area contributed by atoms with Crippen molar-refractivity contribution < 1.29 is 17.9 Å². The highest BCUT2D eigenvalue weighted by atomic mass is 32.2. The van der Waals surface area contributed by atoms with E-state index in [-0.39, 0.29) is 24.9 Å². The first kappa shape index (κ1) is 23.7. The van der Waals surface area contributed by atoms with Crippen LogP contribution in [0.1, 0.15) is 48.9 Å². The third-order valence-corrected chi connectivity index (χ3v) is 6.29. The van der Waals surface area contributed by atoms with E-state index in [0.717, 1.165) is 28.9 Å². The number of nitrogens with one attached hydrogen (secondary N) is 1. The van der Waals surface area contributed by atoms with Crippen molar-refractivity contribution in [2.75, 3.05) is 24.2 Å². The van der Waals surface area contributed by atoms with E-state index < -0.39 is 10.0 Å². The maximum absolute atomic E-state index is 12.5. The number of amides is 1. The molecule has 0 unspecified atom stereocenters. The highest BCUT2D eigenvalue weighted by Gasteiger charge is 2.20. The van der Waals surface area contributed by atoms with Crippen LogP contribution in [0.15, 0.2) is 42.5 Å². The zero-order valence-electron chi connectivity index (χ0n) is 18.4. The zero-order valence-corrected chi connectivity index (χ0v) is 19.3. The van der Waals surface area contributed by atoms with Gasteiger partial charge < -0.3 is 10.1 Å². The number of para-hydroxylation sites is 1. The van der Waals surface area contributed by atoms with Crippen molar-refractivity contribution in [2.45, 2.75) is 46.1 Å². The summed E-state index contributed by atoms with van der Waals surface area (Å²) in [5.74, 6) is 0.727. The van der Waals surface area contributed by atoms with Crippen molar-refractivity contribution in [3.63, 3.8) is 0 Å². The summed E-state index contributed by atoms with van der Waals surface area (Å²) in [6.07, 6.45) is 2.64. The number of carbonyl (C=O) groups is 1. The number of hydrogen-bond acceptors (Lipinski definition) is 4. The summed E-state index contributed by atoms with van der Waals surface area (Å²) in [6, 6.07) is 13.2. The van der Waals surface area contributed by atoms with Gasteiger partial charge in [-0.05, 0) is 55.5 Å². The van der Waals surface area contributed by atoms with Gasteiger partial charge in [0.15, 0.2) is 0 Å². The number of sulfonamides is 1. The van der Waals surface area contributed by atoms with Crippen LogP contribution in [-0.2, 0) is 14.8 Å². The molecule has 1 amide bonds. The van der Waals surface area contributed by atoms with Crippen LogP contribution >= 0.6 is 0 Å². The summed E-state index contributed by atoms with van der Waals surface area (Å²) >= 11 is 0. The Morgan fingerprint density at radius 2 is 1.83 bits per heavy atom. The van der Waals surface area contributed by atoms with Gasteiger partial charge in [-0.2, -0.15) is 0 Å². The van der Waals surface area contributed by atoms with Crippen molar-refractivity contribution in [1.82, 2.24) is 5.32 Å². The third-order valence-electron chi connectivity index (χ3n) is 5.11. The Hall–Kier alpha value is -2.54. The van der Waals surface area contributed by atoms with Gasteiger partial charge in [0, 0.05) is 13.0 Å². The van der Waals surface area contributed by atoms with E-state index in [0.29, 0.717) is 12.1 Å². The highest BCUT2D eigenvalue weighted by molar-refractivity contribution is 7.92. The molecule has 0 heterocycles. The lowest BCUT2D eigenvalue weighted by Crippen LogP contribution is -2.33. The Balaban J connectivity index is 2.00. The van der Waals surface area contributed by atoms with E-state index in [2.05, 4.69) is 5.32 Å². The Morgan fingerprint density at radius 3 is 2.40 bits per heavy atom. The molecule has 0 fully saturated rings. The lowest BCUT2D eigenvalue weighted by Gasteiger charge is -2.24. The standard InChI is InChI=1S/C23H32N2O4S/c1-6-20(19-13-14-22(29-4)18(3)16-19)24-23(26)12-9-15-25(30(5,27)28)21-11-8-7-10-17(21)2/h7-8,10-11,13-14,16,20H,6,9,12,15H2,1-5H3,(H,24,26)/t20-/m1/s1. The molecule has 0 aliphatic carbocycles. The van der Waals surface area contributed by atoms with Gasteiger partial charge in [-0.25, -0.2) is 8.42 Å². The fraction of sp³-hybridized carbons (Fsp3) is 0.435. The summed E-state index contributed by atoms with van der Waals surface area (Å²) in [6.45, 7) is 6.13. The minimum atomic E-state index is -3.43. The molecule has 2 aromatic rings. The van der Waals surface area contributed by atoms with Crippen LogP contribution in [0.5, 0.6) is 5.75 Å². The monoisotopic (exact) mass is 432 g/mol. The molecule has 1 N–H and O–H groups in total. The molecule has 7 heteroatoms. The second-order valence-corrected chi connectivity index (χ2v) is 9.39. The Kier molecular flexibility index (Phi) is 8.29. The fourth-order valence-electron chi connectivity index (χ4n) is 3.50. The number of rotatable bonds is 10. The predicted molar refractivity (Wildman–Crippen MR) is 122 cm³/mol. The van der Waals surface area contributed by atoms with Crippen LogP contribution in [0.25, 0.3) is 0 Å². The molecule has 0 bridgehead atoms. The molecule has 2 aromatic carbocycles. The predicted octanol–water partition coefficient (Wildman–Crippen LogP) is 4.13. The van der Waals surface area contributed by atoms with E-state index >= 15 is 0 Å². The van der Waals surface area contributed by atoms with Crippen molar-refractivity contribution in [3.8, 4) is 5.75 Å². The molecule has 6 nitrogen and oxygen atoms in total. The van der Waals surface area contributed by atoms with Crippen LogP contribution in [0, 0.1) is 13.8 Å². The largest absolute Gasteiger partial charge is 0.496 e. The molecule has 0 saturated carbocycles. The molecule has 2 rings (SSSR count). The number of anilines is 1. The smallest absolute Gasteiger partial charge is 0.232 e. The molecule has 164 valence electrons. The topological polar surface area (TPSA) is 75.7 Å². The van der Waals surface area contributed by atoms with Gasteiger partial charge in [-0.1, -0.05) is 37.3 Å². The first-order valence-electron chi connectivity index (χ1n) is 10.1. The molecule has 0 spiro atoms. The van der Waals surface area contributed by atoms with Gasteiger partial charge in [0.25, 0.3) is 0 Å². The average Bonchev–Trinajstić information content (AvgIpc) is 2.69. The summed E-state index contributed by atoms with van der Waals surface area (Å²) in [7, 11) is -1.79. The lowest BCUT2D eigenvalue weighted by atomic mass is 10.0. The van der Waals surface area contributed by atoms with Crippen molar-refractivity contribution in [1.29, 1.82) is 0 Å². The summed E-state index contributed by atoms with van der Waals surface area (Å²) < 4.78 is 31.2. The van der Waals surface area contributed by atoms with Gasteiger partial charge in [0.2, 0.25) is 15.9 Å². The normalized spacial score (nSPS) is 12.3. The van der Waals surface area contributed by atoms with E-state index in [1.165, 1.54) is 10.6 Å². The number of ether oxygens (including phenoxy) is 1. The second kappa shape index (κ2) is 10.5. The Morgan fingerprint density at radius 1 is 1.13 bits per heavy atom. The number of nitrogens with zero attached hydrogens (tertiary/aromatic N) is 1. The molecular weight excluding hydrogens is 400 g/mol. The highest BCUT2D eigenvalue weighted by Crippen LogP contribution is 2.25. The minimum absolute atomic E-state index is 0.0893. The molecule has 1 atom stereocenters. The summed E-state index contributed by atoms with van der Waals surface area (Å²) in [5, 5.41) is 3.06. The van der Waals surface area contributed by atoms with Gasteiger partial charge in [-0.15, -0.1) is 0 Å². The van der Waals surface area contributed by atoms with Crippen LogP contribution in [0.2, 0.25) is 0 Å². The molecule has 30 heavy (non-hydrogen) atoms. The zero-order chi connectivity index (χ0) is 22.3. The molecule has 0 aromatic heterocycles. The third kappa shape index (κ3) is 6.23. The summed E-state index contributed by atoms with van der Waals surface area (Å²) in [5.41, 5.74) is 3.58. The number of methoxy groups -OCH3 is 1. The van der Waals surface area contributed by atoms with Gasteiger partial charge >= 0.3 is 0 Å².